The molecule has 1 heterocycles. The first-order chi connectivity index (χ1) is 10.2. The zero-order valence-electron chi connectivity index (χ0n) is 14.2. The molecule has 0 bridgehead atoms. The lowest BCUT2D eigenvalue weighted by molar-refractivity contribution is 0.0408. The Hall–Kier alpha value is -1.37. The van der Waals surface area contributed by atoms with Gasteiger partial charge in [-0.25, -0.2) is 4.98 Å². The van der Waals surface area contributed by atoms with Crippen LogP contribution in [0.3, 0.4) is 0 Å². The van der Waals surface area contributed by atoms with Crippen molar-refractivity contribution in [3.05, 3.63) is 30.6 Å². The molecule has 0 aliphatic heterocycles. The van der Waals surface area contributed by atoms with Gasteiger partial charge in [0, 0.05) is 6.54 Å². The maximum Gasteiger partial charge on any atom is 0.192 e. The first-order valence-corrected chi connectivity index (χ1v) is 10.6. The van der Waals surface area contributed by atoms with Crippen molar-refractivity contribution in [2.75, 3.05) is 13.2 Å². The number of imidazole rings is 1. The average molecular weight is 321 g/mol. The molecule has 1 unspecified atom stereocenters. The first-order valence-electron chi connectivity index (χ1n) is 7.68. The second kappa shape index (κ2) is 6.40. The van der Waals surface area contributed by atoms with Crippen molar-refractivity contribution in [2.24, 2.45) is 5.73 Å². The van der Waals surface area contributed by atoms with Gasteiger partial charge in [-0.1, -0.05) is 32.9 Å². The van der Waals surface area contributed by atoms with Gasteiger partial charge in [-0.05, 0) is 30.3 Å². The van der Waals surface area contributed by atoms with Gasteiger partial charge < -0.3 is 15.0 Å². The molecule has 0 aliphatic carbocycles. The molecule has 22 heavy (non-hydrogen) atoms. The normalized spacial score (nSPS) is 14.3. The summed E-state index contributed by atoms with van der Waals surface area (Å²) in [5, 5.41) is 0.155. The zero-order chi connectivity index (χ0) is 16.4. The van der Waals surface area contributed by atoms with Crippen molar-refractivity contribution >= 4 is 19.4 Å². The minimum atomic E-state index is -1.85. The maximum absolute atomic E-state index is 6.32. The minimum Gasteiger partial charge on any atom is -0.410 e. The van der Waals surface area contributed by atoms with E-state index in [1.54, 1.807) is 11.1 Å². The quantitative estimate of drug-likeness (QED) is 0.831. The number of nitrogens with zero attached hydrogens (tertiary/aromatic N) is 2. The van der Waals surface area contributed by atoms with E-state index in [1.807, 2.05) is 24.3 Å². The summed E-state index contributed by atoms with van der Waals surface area (Å²) < 4.78 is 8.00. The van der Waals surface area contributed by atoms with Crippen molar-refractivity contribution in [1.82, 2.24) is 9.71 Å². The van der Waals surface area contributed by atoms with Crippen LogP contribution < -0.4 is 10.6 Å². The van der Waals surface area contributed by atoms with E-state index < -0.39 is 8.32 Å². The molecular weight excluding hydrogens is 294 g/mol. The van der Waals surface area contributed by atoms with Crippen LogP contribution in [0.1, 0.15) is 20.8 Å². The lowest BCUT2D eigenvalue weighted by Gasteiger charge is -2.38. The van der Waals surface area contributed by atoms with Crippen LogP contribution in [0.5, 0.6) is 0 Å². The van der Waals surface area contributed by atoms with Crippen LogP contribution in [-0.2, 0) is 4.43 Å². The second-order valence-electron chi connectivity index (χ2n) is 7.09. The summed E-state index contributed by atoms with van der Waals surface area (Å²) in [6.07, 6.45) is 1.58. The molecule has 1 aromatic carbocycles. The third kappa shape index (κ3) is 3.69. The summed E-state index contributed by atoms with van der Waals surface area (Å²) >= 11 is 0. The Kier molecular flexibility index (Phi) is 4.94. The Morgan fingerprint density at radius 2 is 1.95 bits per heavy atom. The van der Waals surface area contributed by atoms with E-state index in [0.717, 1.165) is 11.0 Å². The summed E-state index contributed by atoms with van der Waals surface area (Å²) in [7, 11) is -1.85. The predicted octanol–water partition coefficient (Wildman–Crippen LogP) is 2.81. The summed E-state index contributed by atoms with van der Waals surface area (Å²) in [5.41, 5.74) is 7.73. The highest BCUT2D eigenvalue weighted by Gasteiger charge is 2.39. The largest absolute Gasteiger partial charge is 0.410 e. The molecular formula is C16H27N3O2Si. The van der Waals surface area contributed by atoms with E-state index in [-0.39, 0.29) is 11.1 Å². The Morgan fingerprint density at radius 3 is 2.59 bits per heavy atom. The van der Waals surface area contributed by atoms with Gasteiger partial charge >= 0.3 is 0 Å². The number of rotatable bonds is 6. The molecule has 0 amide bonds. The lowest BCUT2D eigenvalue weighted by Crippen LogP contribution is -2.48. The van der Waals surface area contributed by atoms with Crippen molar-refractivity contribution in [3.8, 4) is 0 Å². The number of hydrogen-bond donors (Lipinski definition) is 1. The summed E-state index contributed by atoms with van der Waals surface area (Å²) in [4.78, 5) is 10.2. The monoisotopic (exact) mass is 321 g/mol. The van der Waals surface area contributed by atoms with Crippen molar-refractivity contribution in [3.63, 3.8) is 0 Å². The Balaban J connectivity index is 2.02. The molecule has 2 aromatic rings. The SMILES string of the molecule is CC(C)(C)[Si](C)(C)OC(CN)COn1cnc2ccccc21. The van der Waals surface area contributed by atoms with Crippen LogP contribution in [0.15, 0.2) is 30.6 Å². The molecule has 5 nitrogen and oxygen atoms in total. The molecule has 2 rings (SSSR count). The highest BCUT2D eigenvalue weighted by atomic mass is 28.4. The first kappa shape index (κ1) is 17.0. The van der Waals surface area contributed by atoms with Crippen molar-refractivity contribution < 1.29 is 9.26 Å². The Bertz CT molecular complexity index is 619. The van der Waals surface area contributed by atoms with E-state index >= 15 is 0 Å². The van der Waals surface area contributed by atoms with Gasteiger partial charge in [-0.3, -0.25) is 0 Å². The average Bonchev–Trinajstić information content (AvgIpc) is 2.85. The Morgan fingerprint density at radius 1 is 1.27 bits per heavy atom. The van der Waals surface area contributed by atoms with Gasteiger partial charge in [0.15, 0.2) is 8.32 Å². The van der Waals surface area contributed by atoms with Gasteiger partial charge in [-0.15, -0.1) is 0 Å². The molecule has 0 fully saturated rings. The van der Waals surface area contributed by atoms with Gasteiger partial charge in [0.1, 0.15) is 18.5 Å². The molecule has 1 atom stereocenters. The molecule has 2 N–H and O–H groups in total. The number of fused-ring (bicyclic) bond motifs is 1. The van der Waals surface area contributed by atoms with Crippen LogP contribution >= 0.6 is 0 Å². The molecule has 0 radical (unpaired) electrons. The number of para-hydroxylation sites is 2. The highest BCUT2D eigenvalue weighted by molar-refractivity contribution is 6.74. The van der Waals surface area contributed by atoms with E-state index in [1.165, 1.54) is 0 Å². The second-order valence-corrected chi connectivity index (χ2v) is 11.8. The van der Waals surface area contributed by atoms with Crippen LogP contribution in [-0.4, -0.2) is 37.3 Å². The molecule has 0 spiro atoms. The molecule has 0 saturated heterocycles. The van der Waals surface area contributed by atoms with E-state index in [9.17, 15) is 0 Å². The smallest absolute Gasteiger partial charge is 0.192 e. The van der Waals surface area contributed by atoms with Crippen molar-refractivity contribution in [1.29, 1.82) is 0 Å². The number of nitrogens with two attached hydrogens (primary N) is 1. The van der Waals surface area contributed by atoms with Crippen LogP contribution in [0.2, 0.25) is 18.1 Å². The topological polar surface area (TPSA) is 62.3 Å². The van der Waals surface area contributed by atoms with Crippen LogP contribution in [0.4, 0.5) is 0 Å². The fourth-order valence-corrected chi connectivity index (χ4v) is 3.30. The van der Waals surface area contributed by atoms with Gasteiger partial charge in [0.2, 0.25) is 0 Å². The number of aromatic nitrogens is 2. The number of benzene rings is 1. The van der Waals surface area contributed by atoms with Crippen molar-refractivity contribution in [2.45, 2.75) is 45.0 Å². The van der Waals surface area contributed by atoms with Gasteiger partial charge in [0.25, 0.3) is 0 Å². The van der Waals surface area contributed by atoms with Gasteiger partial charge in [0.05, 0.1) is 11.6 Å². The molecule has 6 heteroatoms. The Labute approximate surface area is 133 Å². The summed E-state index contributed by atoms with van der Waals surface area (Å²) in [5.74, 6) is 0. The van der Waals surface area contributed by atoms with E-state index in [2.05, 4.69) is 38.8 Å². The summed E-state index contributed by atoms with van der Waals surface area (Å²) in [6, 6.07) is 7.87. The summed E-state index contributed by atoms with van der Waals surface area (Å²) in [6.45, 7) is 12.0. The fraction of sp³-hybridized carbons (Fsp3) is 0.562. The van der Waals surface area contributed by atoms with Gasteiger partial charge in [-0.2, -0.15) is 4.73 Å². The third-order valence-electron chi connectivity index (χ3n) is 4.35. The number of hydrogen-bond acceptors (Lipinski definition) is 4. The molecule has 0 aliphatic rings. The fourth-order valence-electron chi connectivity index (χ4n) is 1.95. The molecule has 122 valence electrons. The van der Waals surface area contributed by atoms with E-state index in [4.69, 9.17) is 15.0 Å². The minimum absolute atomic E-state index is 0.109. The lowest BCUT2D eigenvalue weighted by atomic mass is 10.2. The predicted molar refractivity (Wildman–Crippen MR) is 92.3 cm³/mol. The third-order valence-corrected chi connectivity index (χ3v) is 8.89. The van der Waals surface area contributed by atoms with Crippen LogP contribution in [0.25, 0.3) is 11.0 Å². The maximum atomic E-state index is 6.32. The standard InChI is InChI=1S/C16H27N3O2Si/c1-16(2,3)22(4,5)21-13(10-17)11-20-19-12-18-14-8-6-7-9-15(14)19/h6-9,12-13H,10-11,17H2,1-5H3. The van der Waals surface area contributed by atoms with E-state index in [0.29, 0.717) is 13.2 Å². The van der Waals surface area contributed by atoms with Crippen LogP contribution in [0, 0.1) is 0 Å². The zero-order valence-corrected chi connectivity index (χ0v) is 15.2. The highest BCUT2D eigenvalue weighted by Crippen LogP contribution is 2.37. The molecule has 0 saturated carbocycles. The molecule has 1 aromatic heterocycles.